The van der Waals surface area contributed by atoms with Crippen molar-refractivity contribution in [3.05, 3.63) is 40.4 Å². The predicted molar refractivity (Wildman–Crippen MR) is 73.5 cm³/mol. The van der Waals surface area contributed by atoms with Crippen LogP contribution in [0.5, 0.6) is 0 Å². The van der Waals surface area contributed by atoms with Gasteiger partial charge >= 0.3 is 0 Å². The lowest BCUT2D eigenvalue weighted by Gasteiger charge is -2.04. The van der Waals surface area contributed by atoms with Gasteiger partial charge < -0.3 is 4.57 Å². The normalized spacial score (nSPS) is 14.9. The Hall–Kier alpha value is -1.55. The first-order valence-electron chi connectivity index (χ1n) is 6.44. The Morgan fingerprint density at radius 2 is 2.26 bits per heavy atom. The lowest BCUT2D eigenvalue weighted by Crippen LogP contribution is -2.05. The maximum atomic E-state index is 12.0. The van der Waals surface area contributed by atoms with Gasteiger partial charge in [0.1, 0.15) is 0 Å². The van der Waals surface area contributed by atoms with Crippen molar-refractivity contribution < 1.29 is 4.79 Å². The highest BCUT2D eigenvalue weighted by atomic mass is 35.5. The predicted octanol–water partition coefficient (Wildman–Crippen LogP) is 2.82. The molecule has 1 aliphatic rings. The van der Waals surface area contributed by atoms with Crippen LogP contribution in [0.4, 0.5) is 0 Å². The molecule has 2 aromatic rings. The molecule has 4 nitrogen and oxygen atoms in total. The quantitative estimate of drug-likeness (QED) is 0.806. The van der Waals surface area contributed by atoms with E-state index < -0.39 is 0 Å². The number of hydrogen-bond acceptors (Lipinski definition) is 2. The van der Waals surface area contributed by atoms with Crippen molar-refractivity contribution in [2.24, 2.45) is 13.0 Å². The van der Waals surface area contributed by atoms with E-state index in [4.69, 9.17) is 11.6 Å². The van der Waals surface area contributed by atoms with Gasteiger partial charge in [-0.3, -0.25) is 9.48 Å². The summed E-state index contributed by atoms with van der Waals surface area (Å²) in [6.07, 6.45) is 5.90. The SMILES string of the molecule is Cc1nn(C)c(Cn2ccc(C(=O)C3CC3)c2)c1Cl. The smallest absolute Gasteiger partial charge is 0.167 e. The van der Waals surface area contributed by atoms with E-state index in [1.54, 1.807) is 4.68 Å². The average Bonchev–Trinajstić information content (AvgIpc) is 3.08. The van der Waals surface area contributed by atoms with Crippen molar-refractivity contribution in [1.82, 2.24) is 14.3 Å². The molecule has 0 saturated heterocycles. The molecule has 0 aromatic carbocycles. The Bertz CT molecular complexity index is 637. The van der Waals surface area contributed by atoms with Gasteiger partial charge in [-0.15, -0.1) is 0 Å². The second kappa shape index (κ2) is 4.53. The molecule has 0 aliphatic heterocycles. The van der Waals surface area contributed by atoms with E-state index in [0.29, 0.717) is 11.6 Å². The number of nitrogens with zero attached hydrogens (tertiary/aromatic N) is 3. The van der Waals surface area contributed by atoms with Gasteiger partial charge in [0.15, 0.2) is 5.78 Å². The summed E-state index contributed by atoms with van der Waals surface area (Å²) < 4.78 is 3.78. The topological polar surface area (TPSA) is 39.8 Å². The van der Waals surface area contributed by atoms with E-state index in [2.05, 4.69) is 5.10 Å². The monoisotopic (exact) mass is 277 g/mol. The number of carbonyl (C=O) groups excluding carboxylic acids is 1. The van der Waals surface area contributed by atoms with E-state index in [1.807, 2.05) is 37.0 Å². The molecule has 0 radical (unpaired) electrons. The molecule has 1 saturated carbocycles. The summed E-state index contributed by atoms with van der Waals surface area (Å²) in [6, 6.07) is 1.89. The highest BCUT2D eigenvalue weighted by Crippen LogP contribution is 2.32. The number of aromatic nitrogens is 3. The standard InChI is InChI=1S/C14H16ClN3O/c1-9-13(15)12(17(2)16-9)8-18-6-5-11(7-18)14(19)10-3-4-10/h5-7,10H,3-4,8H2,1-2H3. The van der Waals surface area contributed by atoms with Gasteiger partial charge in [0.25, 0.3) is 0 Å². The summed E-state index contributed by atoms with van der Waals surface area (Å²) in [4.78, 5) is 12.0. The zero-order chi connectivity index (χ0) is 13.6. The number of halogens is 1. The van der Waals surface area contributed by atoms with Crippen LogP contribution in [0.25, 0.3) is 0 Å². The highest BCUT2D eigenvalue weighted by molar-refractivity contribution is 6.31. The average molecular weight is 278 g/mol. The summed E-state index contributed by atoms with van der Waals surface area (Å²) in [5, 5.41) is 4.99. The molecule has 5 heteroatoms. The molecule has 1 fully saturated rings. The van der Waals surface area contributed by atoms with Gasteiger partial charge in [-0.25, -0.2) is 0 Å². The molecule has 0 atom stereocenters. The minimum Gasteiger partial charge on any atom is -0.348 e. The summed E-state index contributed by atoms with van der Waals surface area (Å²) in [6.45, 7) is 2.53. The maximum Gasteiger partial charge on any atom is 0.167 e. The molecule has 19 heavy (non-hydrogen) atoms. The van der Waals surface area contributed by atoms with Gasteiger partial charge in [-0.1, -0.05) is 11.6 Å². The molecule has 0 bridgehead atoms. The Morgan fingerprint density at radius 3 is 2.84 bits per heavy atom. The van der Waals surface area contributed by atoms with Crippen LogP contribution in [-0.4, -0.2) is 20.1 Å². The summed E-state index contributed by atoms with van der Waals surface area (Å²) >= 11 is 6.23. The number of Topliss-reactive ketones (excluding diaryl/α,β-unsaturated/α-hetero) is 1. The molecule has 2 heterocycles. The van der Waals surface area contributed by atoms with Crippen LogP contribution in [0.2, 0.25) is 5.02 Å². The molecule has 2 aromatic heterocycles. The number of ketones is 1. The fourth-order valence-corrected chi connectivity index (χ4v) is 2.51. The van der Waals surface area contributed by atoms with Gasteiger partial charge in [-0.05, 0) is 25.8 Å². The van der Waals surface area contributed by atoms with Crippen molar-refractivity contribution in [1.29, 1.82) is 0 Å². The highest BCUT2D eigenvalue weighted by Gasteiger charge is 2.30. The third-order valence-electron chi connectivity index (χ3n) is 3.58. The third-order valence-corrected chi connectivity index (χ3v) is 4.07. The summed E-state index contributed by atoms with van der Waals surface area (Å²) in [5.74, 6) is 0.532. The number of hydrogen-bond donors (Lipinski definition) is 0. The van der Waals surface area contributed by atoms with E-state index in [9.17, 15) is 4.79 Å². The van der Waals surface area contributed by atoms with E-state index >= 15 is 0 Å². The zero-order valence-electron chi connectivity index (χ0n) is 11.1. The fourth-order valence-electron chi connectivity index (χ4n) is 2.29. The van der Waals surface area contributed by atoms with E-state index in [1.165, 1.54) is 0 Å². The second-order valence-corrected chi connectivity index (χ2v) is 5.56. The Labute approximate surface area is 117 Å². The lowest BCUT2D eigenvalue weighted by molar-refractivity contribution is 0.0967. The van der Waals surface area contributed by atoms with Crippen LogP contribution in [-0.2, 0) is 13.6 Å². The van der Waals surface area contributed by atoms with Gasteiger partial charge in [0.05, 0.1) is 23.0 Å². The van der Waals surface area contributed by atoms with Crippen LogP contribution in [0.15, 0.2) is 18.5 Å². The fraction of sp³-hybridized carbons (Fsp3) is 0.429. The lowest BCUT2D eigenvalue weighted by atomic mass is 10.1. The minimum atomic E-state index is 0.262. The van der Waals surface area contributed by atoms with E-state index in [0.717, 1.165) is 29.8 Å². The minimum absolute atomic E-state index is 0.262. The van der Waals surface area contributed by atoms with Crippen molar-refractivity contribution in [3.63, 3.8) is 0 Å². The van der Waals surface area contributed by atoms with Crippen molar-refractivity contribution >= 4 is 17.4 Å². The Kier molecular flexibility index (Phi) is 2.97. The molecule has 0 unspecified atom stereocenters. The van der Waals surface area contributed by atoms with E-state index in [-0.39, 0.29) is 11.7 Å². The molecule has 1 aliphatic carbocycles. The number of rotatable bonds is 4. The van der Waals surface area contributed by atoms with Crippen LogP contribution >= 0.6 is 11.6 Å². The summed E-state index contributed by atoms with van der Waals surface area (Å²) in [5.41, 5.74) is 2.60. The Morgan fingerprint density at radius 1 is 1.53 bits per heavy atom. The first-order valence-corrected chi connectivity index (χ1v) is 6.82. The van der Waals surface area contributed by atoms with Crippen LogP contribution in [0.3, 0.4) is 0 Å². The first-order chi connectivity index (χ1) is 9.06. The third kappa shape index (κ3) is 2.32. The molecule has 3 rings (SSSR count). The van der Waals surface area contributed by atoms with Crippen molar-refractivity contribution in [3.8, 4) is 0 Å². The molecule has 0 N–H and O–H groups in total. The largest absolute Gasteiger partial charge is 0.348 e. The molecular weight excluding hydrogens is 262 g/mol. The number of carbonyl (C=O) groups is 1. The van der Waals surface area contributed by atoms with Crippen molar-refractivity contribution in [2.45, 2.75) is 26.3 Å². The zero-order valence-corrected chi connectivity index (χ0v) is 11.8. The molecular formula is C14H16ClN3O. The first kappa shape index (κ1) is 12.5. The summed E-state index contributed by atoms with van der Waals surface area (Å²) in [7, 11) is 1.88. The van der Waals surface area contributed by atoms with Crippen LogP contribution < -0.4 is 0 Å². The van der Waals surface area contributed by atoms with Crippen molar-refractivity contribution in [2.75, 3.05) is 0 Å². The molecule has 0 spiro atoms. The van der Waals surface area contributed by atoms with Gasteiger partial charge in [0.2, 0.25) is 0 Å². The Balaban J connectivity index is 1.81. The number of aryl methyl sites for hydroxylation is 2. The van der Waals surface area contributed by atoms with Crippen LogP contribution in [0.1, 0.15) is 34.6 Å². The maximum absolute atomic E-state index is 12.0. The van der Waals surface area contributed by atoms with Gasteiger partial charge in [-0.2, -0.15) is 5.10 Å². The molecule has 0 amide bonds. The second-order valence-electron chi connectivity index (χ2n) is 5.18. The van der Waals surface area contributed by atoms with Gasteiger partial charge in [0, 0.05) is 30.9 Å². The molecule has 100 valence electrons. The van der Waals surface area contributed by atoms with Crippen LogP contribution in [0, 0.1) is 12.8 Å².